The van der Waals surface area contributed by atoms with Crippen LogP contribution in [0.1, 0.15) is 13.3 Å². The summed E-state index contributed by atoms with van der Waals surface area (Å²) in [5, 5.41) is 2.70. The van der Waals surface area contributed by atoms with Crippen molar-refractivity contribution in [3.05, 3.63) is 24.3 Å². The Balaban J connectivity index is 2.20. The lowest BCUT2D eigenvalue weighted by molar-refractivity contribution is -0.132. The van der Waals surface area contributed by atoms with Crippen LogP contribution in [0.3, 0.4) is 0 Å². The summed E-state index contributed by atoms with van der Waals surface area (Å²) in [6, 6.07) is 7.34. The van der Waals surface area contributed by atoms with E-state index < -0.39 is 5.92 Å². The molecule has 1 N–H and O–H groups in total. The van der Waals surface area contributed by atoms with Gasteiger partial charge in [-0.3, -0.25) is 9.59 Å². The molecule has 1 fully saturated rings. The van der Waals surface area contributed by atoms with Gasteiger partial charge in [0.15, 0.2) is 0 Å². The van der Waals surface area contributed by atoms with Crippen molar-refractivity contribution >= 4 is 17.5 Å². The first kappa shape index (κ1) is 13.4. The maximum atomic E-state index is 12.3. The van der Waals surface area contributed by atoms with Crippen molar-refractivity contribution in [3.8, 4) is 5.75 Å². The van der Waals surface area contributed by atoms with Gasteiger partial charge in [-0.15, -0.1) is 0 Å². The predicted molar refractivity (Wildman–Crippen MR) is 72.1 cm³/mol. The zero-order chi connectivity index (χ0) is 13.8. The van der Waals surface area contributed by atoms with Crippen LogP contribution in [0.4, 0.5) is 5.69 Å². The van der Waals surface area contributed by atoms with Crippen LogP contribution in [-0.4, -0.2) is 32.0 Å². The Morgan fingerprint density at radius 2 is 2.21 bits per heavy atom. The smallest absolute Gasteiger partial charge is 0.239 e. The number of carbonyl (C=O) groups is 2. The maximum absolute atomic E-state index is 12.3. The first-order valence-corrected chi connectivity index (χ1v) is 6.41. The fourth-order valence-electron chi connectivity index (χ4n) is 2.31. The van der Waals surface area contributed by atoms with Gasteiger partial charge >= 0.3 is 0 Å². The van der Waals surface area contributed by atoms with Crippen LogP contribution < -0.4 is 15.0 Å². The van der Waals surface area contributed by atoms with E-state index in [1.807, 2.05) is 31.2 Å². The minimum Gasteiger partial charge on any atom is -0.495 e. The van der Waals surface area contributed by atoms with Gasteiger partial charge < -0.3 is 15.0 Å². The molecule has 0 spiro atoms. The SMILES string of the molecule is CCNC(=O)C1CCN(c2ccccc2OC)C1=O. The normalized spacial score (nSPS) is 18.5. The number of hydrogen-bond acceptors (Lipinski definition) is 3. The second-order valence-corrected chi connectivity index (χ2v) is 4.40. The third-order valence-electron chi connectivity index (χ3n) is 3.25. The summed E-state index contributed by atoms with van der Waals surface area (Å²) in [4.78, 5) is 25.7. The summed E-state index contributed by atoms with van der Waals surface area (Å²) in [5.41, 5.74) is 0.724. The highest BCUT2D eigenvalue weighted by Crippen LogP contribution is 2.32. The lowest BCUT2D eigenvalue weighted by atomic mass is 10.1. The van der Waals surface area contributed by atoms with Crippen LogP contribution in [0.2, 0.25) is 0 Å². The van der Waals surface area contributed by atoms with Gasteiger partial charge in [0.1, 0.15) is 11.7 Å². The topological polar surface area (TPSA) is 58.6 Å². The van der Waals surface area contributed by atoms with Crippen LogP contribution in [0.25, 0.3) is 0 Å². The number of para-hydroxylation sites is 2. The Hall–Kier alpha value is -2.04. The summed E-state index contributed by atoms with van der Waals surface area (Å²) < 4.78 is 5.25. The minimum absolute atomic E-state index is 0.157. The van der Waals surface area contributed by atoms with Crippen molar-refractivity contribution in [2.24, 2.45) is 5.92 Å². The second-order valence-electron chi connectivity index (χ2n) is 4.40. The Bertz CT molecular complexity index is 487. The number of benzene rings is 1. The van der Waals surface area contributed by atoms with E-state index in [1.165, 1.54) is 0 Å². The van der Waals surface area contributed by atoms with Gasteiger partial charge in [-0.05, 0) is 25.5 Å². The number of nitrogens with one attached hydrogen (secondary N) is 1. The number of methoxy groups -OCH3 is 1. The lowest BCUT2D eigenvalue weighted by Crippen LogP contribution is -2.36. The highest BCUT2D eigenvalue weighted by Gasteiger charge is 2.38. The summed E-state index contributed by atoms with van der Waals surface area (Å²) >= 11 is 0. The van der Waals surface area contributed by atoms with Crippen LogP contribution in [0, 0.1) is 5.92 Å². The fraction of sp³-hybridized carbons (Fsp3) is 0.429. The van der Waals surface area contributed by atoms with Crippen LogP contribution >= 0.6 is 0 Å². The summed E-state index contributed by atoms with van der Waals surface area (Å²) in [5.74, 6) is -0.280. The number of nitrogens with zero attached hydrogens (tertiary/aromatic N) is 1. The molecule has 5 nitrogen and oxygen atoms in total. The predicted octanol–water partition coefficient (Wildman–Crippen LogP) is 1.18. The molecule has 102 valence electrons. The number of carbonyl (C=O) groups excluding carboxylic acids is 2. The molecule has 1 saturated heterocycles. The number of amides is 2. The third-order valence-corrected chi connectivity index (χ3v) is 3.25. The lowest BCUT2D eigenvalue weighted by Gasteiger charge is -2.19. The van der Waals surface area contributed by atoms with Crippen molar-refractivity contribution in [1.29, 1.82) is 0 Å². The number of anilines is 1. The van der Waals surface area contributed by atoms with Crippen molar-refractivity contribution in [2.75, 3.05) is 25.1 Å². The van der Waals surface area contributed by atoms with Gasteiger partial charge in [0.25, 0.3) is 0 Å². The average Bonchev–Trinajstić information content (AvgIpc) is 2.80. The molecule has 0 aromatic heterocycles. The van der Waals surface area contributed by atoms with Crippen molar-refractivity contribution in [3.63, 3.8) is 0 Å². The third kappa shape index (κ3) is 2.54. The Morgan fingerprint density at radius 1 is 1.47 bits per heavy atom. The van der Waals surface area contributed by atoms with E-state index in [1.54, 1.807) is 12.0 Å². The summed E-state index contributed by atoms with van der Waals surface area (Å²) in [6.45, 7) is 2.92. The van der Waals surface area contributed by atoms with E-state index in [4.69, 9.17) is 4.74 Å². The maximum Gasteiger partial charge on any atom is 0.239 e. The molecule has 1 aromatic carbocycles. The van der Waals surface area contributed by atoms with Crippen LogP contribution in [0.5, 0.6) is 5.75 Å². The first-order chi connectivity index (χ1) is 9.19. The number of rotatable bonds is 4. The Labute approximate surface area is 112 Å². The minimum atomic E-state index is -0.579. The van der Waals surface area contributed by atoms with Gasteiger partial charge in [-0.2, -0.15) is 0 Å². The molecule has 1 aliphatic heterocycles. The molecule has 1 atom stereocenters. The van der Waals surface area contributed by atoms with Crippen LogP contribution in [-0.2, 0) is 9.59 Å². The molecule has 1 aromatic rings. The molecular formula is C14H18N2O3. The molecule has 0 bridgehead atoms. The molecule has 0 saturated carbocycles. The molecule has 19 heavy (non-hydrogen) atoms. The molecule has 1 aliphatic rings. The average molecular weight is 262 g/mol. The highest BCUT2D eigenvalue weighted by atomic mass is 16.5. The zero-order valence-electron chi connectivity index (χ0n) is 11.2. The Morgan fingerprint density at radius 3 is 2.89 bits per heavy atom. The van der Waals surface area contributed by atoms with E-state index in [0.29, 0.717) is 25.3 Å². The zero-order valence-corrected chi connectivity index (χ0v) is 11.2. The summed E-state index contributed by atoms with van der Waals surface area (Å²) in [6.07, 6.45) is 0.544. The van der Waals surface area contributed by atoms with Gasteiger partial charge in [-0.25, -0.2) is 0 Å². The van der Waals surface area contributed by atoms with Crippen LogP contribution in [0.15, 0.2) is 24.3 Å². The number of hydrogen-bond donors (Lipinski definition) is 1. The fourth-order valence-corrected chi connectivity index (χ4v) is 2.31. The molecule has 5 heteroatoms. The quantitative estimate of drug-likeness (QED) is 0.829. The molecule has 2 amide bonds. The molecule has 2 rings (SSSR count). The van der Waals surface area contributed by atoms with E-state index in [9.17, 15) is 9.59 Å². The molecular weight excluding hydrogens is 244 g/mol. The van der Waals surface area contributed by atoms with Gasteiger partial charge in [0, 0.05) is 13.1 Å². The molecule has 0 radical (unpaired) electrons. The standard InChI is InChI=1S/C14H18N2O3/c1-3-15-13(17)10-8-9-16(14(10)18)11-6-4-5-7-12(11)19-2/h4-7,10H,3,8-9H2,1-2H3,(H,15,17). The number of ether oxygens (including phenoxy) is 1. The monoisotopic (exact) mass is 262 g/mol. The molecule has 0 aliphatic carbocycles. The van der Waals surface area contributed by atoms with E-state index in [-0.39, 0.29) is 11.8 Å². The van der Waals surface area contributed by atoms with E-state index in [2.05, 4.69) is 5.32 Å². The Kier molecular flexibility index (Phi) is 4.04. The summed E-state index contributed by atoms with van der Waals surface area (Å²) in [7, 11) is 1.57. The van der Waals surface area contributed by atoms with Crippen molar-refractivity contribution < 1.29 is 14.3 Å². The molecule has 1 unspecified atom stereocenters. The highest BCUT2D eigenvalue weighted by molar-refractivity contribution is 6.10. The van der Waals surface area contributed by atoms with Gasteiger partial charge in [0.2, 0.25) is 11.8 Å². The van der Waals surface area contributed by atoms with Crippen molar-refractivity contribution in [1.82, 2.24) is 5.32 Å². The van der Waals surface area contributed by atoms with E-state index in [0.717, 1.165) is 5.69 Å². The van der Waals surface area contributed by atoms with E-state index >= 15 is 0 Å². The largest absolute Gasteiger partial charge is 0.495 e. The molecule has 1 heterocycles. The van der Waals surface area contributed by atoms with Gasteiger partial charge in [-0.1, -0.05) is 12.1 Å². The van der Waals surface area contributed by atoms with Gasteiger partial charge in [0.05, 0.1) is 12.8 Å². The van der Waals surface area contributed by atoms with Crippen molar-refractivity contribution in [2.45, 2.75) is 13.3 Å². The first-order valence-electron chi connectivity index (χ1n) is 6.41. The second kappa shape index (κ2) is 5.73.